The zero-order chi connectivity index (χ0) is 9.97. The molecule has 3 heteroatoms. The lowest BCUT2D eigenvalue weighted by atomic mass is 10.1. The van der Waals surface area contributed by atoms with Crippen molar-refractivity contribution in [3.63, 3.8) is 0 Å². The molecule has 3 nitrogen and oxygen atoms in total. The van der Waals surface area contributed by atoms with Gasteiger partial charge in [-0.2, -0.15) is 0 Å². The summed E-state index contributed by atoms with van der Waals surface area (Å²) in [5, 5.41) is 5.20. The van der Waals surface area contributed by atoms with Crippen LogP contribution in [0.25, 0.3) is 11.1 Å². The van der Waals surface area contributed by atoms with Gasteiger partial charge in [-0.15, -0.1) is 0 Å². The number of nitrogens with one attached hydrogen (secondary N) is 2. The van der Waals surface area contributed by atoms with Crippen molar-refractivity contribution >= 4 is 0 Å². The van der Waals surface area contributed by atoms with E-state index in [0.29, 0.717) is 5.56 Å². The largest absolute Gasteiger partial charge is 0.305 e. The van der Waals surface area contributed by atoms with E-state index in [1.807, 2.05) is 24.3 Å². The Balaban J connectivity index is 2.44. The minimum atomic E-state index is -0.0748. The van der Waals surface area contributed by atoms with Gasteiger partial charge in [-0.3, -0.25) is 9.89 Å². The van der Waals surface area contributed by atoms with Gasteiger partial charge < -0.3 is 5.10 Å². The maximum absolute atomic E-state index is 11.3. The third-order valence-electron chi connectivity index (χ3n) is 2.32. The highest BCUT2D eigenvalue weighted by molar-refractivity contribution is 5.61. The Morgan fingerprint density at radius 1 is 1.21 bits per heavy atom. The monoisotopic (exact) mass is 188 g/mol. The number of aromatic nitrogens is 2. The molecule has 0 unspecified atom stereocenters. The minimum absolute atomic E-state index is 0.0748. The number of hydrogen-bond donors (Lipinski definition) is 2. The van der Waals surface area contributed by atoms with Crippen molar-refractivity contribution in [2.24, 2.45) is 0 Å². The molecule has 2 rings (SSSR count). The van der Waals surface area contributed by atoms with Crippen LogP contribution in [0.1, 0.15) is 12.5 Å². The predicted molar refractivity (Wildman–Crippen MR) is 56.2 cm³/mol. The second kappa shape index (κ2) is 3.54. The van der Waals surface area contributed by atoms with Crippen LogP contribution in [0, 0.1) is 0 Å². The van der Waals surface area contributed by atoms with E-state index < -0.39 is 0 Å². The Morgan fingerprint density at radius 3 is 2.43 bits per heavy atom. The van der Waals surface area contributed by atoms with Crippen molar-refractivity contribution in [3.8, 4) is 11.1 Å². The van der Waals surface area contributed by atoms with Gasteiger partial charge in [0.15, 0.2) is 0 Å². The molecule has 0 bridgehead atoms. The molecule has 14 heavy (non-hydrogen) atoms. The topological polar surface area (TPSA) is 48.6 Å². The van der Waals surface area contributed by atoms with Crippen LogP contribution >= 0.6 is 0 Å². The summed E-state index contributed by atoms with van der Waals surface area (Å²) in [5.41, 5.74) is 2.84. The van der Waals surface area contributed by atoms with Crippen molar-refractivity contribution in [1.82, 2.24) is 10.2 Å². The summed E-state index contributed by atoms with van der Waals surface area (Å²) >= 11 is 0. The molecule has 0 amide bonds. The maximum Gasteiger partial charge on any atom is 0.271 e. The first kappa shape index (κ1) is 8.81. The van der Waals surface area contributed by atoms with E-state index >= 15 is 0 Å². The van der Waals surface area contributed by atoms with E-state index in [4.69, 9.17) is 0 Å². The number of hydrogen-bond acceptors (Lipinski definition) is 1. The van der Waals surface area contributed by atoms with Crippen LogP contribution in [-0.4, -0.2) is 10.2 Å². The summed E-state index contributed by atoms with van der Waals surface area (Å²) in [7, 11) is 0. The summed E-state index contributed by atoms with van der Waals surface area (Å²) in [5.74, 6) is 0. The summed E-state index contributed by atoms with van der Waals surface area (Å²) in [6.45, 7) is 2.11. The van der Waals surface area contributed by atoms with E-state index in [0.717, 1.165) is 12.0 Å². The van der Waals surface area contributed by atoms with Crippen LogP contribution in [0.15, 0.2) is 35.3 Å². The molecule has 0 aliphatic carbocycles. The minimum Gasteiger partial charge on any atom is -0.305 e. The highest BCUT2D eigenvalue weighted by Gasteiger charge is 2.02. The lowest BCUT2D eigenvalue weighted by Gasteiger charge is -1.98. The van der Waals surface area contributed by atoms with Crippen molar-refractivity contribution in [3.05, 3.63) is 46.4 Å². The Bertz CT molecular complexity index is 465. The van der Waals surface area contributed by atoms with Gasteiger partial charge >= 0.3 is 0 Å². The second-order valence-corrected chi connectivity index (χ2v) is 3.21. The van der Waals surface area contributed by atoms with Gasteiger partial charge in [0, 0.05) is 6.20 Å². The molecule has 0 radical (unpaired) electrons. The van der Waals surface area contributed by atoms with Crippen LogP contribution in [-0.2, 0) is 6.42 Å². The zero-order valence-electron chi connectivity index (χ0n) is 8.00. The first-order chi connectivity index (χ1) is 6.81. The summed E-state index contributed by atoms with van der Waals surface area (Å²) < 4.78 is 0. The number of aryl methyl sites for hydroxylation is 1. The van der Waals surface area contributed by atoms with Gasteiger partial charge in [-0.1, -0.05) is 31.2 Å². The molecule has 72 valence electrons. The maximum atomic E-state index is 11.3. The molecule has 0 aliphatic rings. The van der Waals surface area contributed by atoms with Crippen molar-refractivity contribution in [1.29, 1.82) is 0 Å². The Kier molecular flexibility index (Phi) is 2.23. The van der Waals surface area contributed by atoms with Gasteiger partial charge in [-0.25, -0.2) is 0 Å². The van der Waals surface area contributed by atoms with Gasteiger partial charge in [0.25, 0.3) is 5.56 Å². The van der Waals surface area contributed by atoms with Crippen LogP contribution in [0.3, 0.4) is 0 Å². The van der Waals surface area contributed by atoms with E-state index in [2.05, 4.69) is 17.1 Å². The lowest BCUT2D eigenvalue weighted by molar-refractivity contribution is 1.06. The van der Waals surface area contributed by atoms with E-state index in [-0.39, 0.29) is 5.56 Å². The second-order valence-electron chi connectivity index (χ2n) is 3.21. The van der Waals surface area contributed by atoms with E-state index in [9.17, 15) is 4.79 Å². The Morgan fingerprint density at radius 2 is 1.93 bits per heavy atom. The van der Waals surface area contributed by atoms with Crippen LogP contribution < -0.4 is 5.56 Å². The predicted octanol–water partition coefficient (Wildman–Crippen LogP) is 1.93. The third kappa shape index (κ3) is 1.48. The van der Waals surface area contributed by atoms with Gasteiger partial charge in [-0.05, 0) is 17.5 Å². The smallest absolute Gasteiger partial charge is 0.271 e. The van der Waals surface area contributed by atoms with E-state index in [1.54, 1.807) is 6.20 Å². The fourth-order valence-electron chi connectivity index (χ4n) is 1.44. The highest BCUT2D eigenvalue weighted by atomic mass is 16.1. The molecular weight excluding hydrogens is 176 g/mol. The fraction of sp³-hybridized carbons (Fsp3) is 0.182. The number of rotatable bonds is 2. The molecule has 0 saturated carbocycles. The van der Waals surface area contributed by atoms with Gasteiger partial charge in [0.2, 0.25) is 0 Å². The molecule has 0 saturated heterocycles. The fourth-order valence-corrected chi connectivity index (χ4v) is 1.44. The van der Waals surface area contributed by atoms with Crippen molar-refractivity contribution in [2.45, 2.75) is 13.3 Å². The molecule has 2 N–H and O–H groups in total. The first-order valence-electron chi connectivity index (χ1n) is 4.66. The molecule has 0 aliphatic heterocycles. The first-order valence-corrected chi connectivity index (χ1v) is 4.66. The molecule has 0 fully saturated rings. The quantitative estimate of drug-likeness (QED) is 0.743. The Hall–Kier alpha value is -1.77. The van der Waals surface area contributed by atoms with Gasteiger partial charge in [0.05, 0.1) is 5.56 Å². The molecule has 1 heterocycles. The molecular formula is C11H12N2O. The van der Waals surface area contributed by atoms with Crippen LogP contribution in [0.5, 0.6) is 0 Å². The molecule has 0 spiro atoms. The normalized spacial score (nSPS) is 10.4. The van der Waals surface area contributed by atoms with Crippen molar-refractivity contribution in [2.75, 3.05) is 0 Å². The molecule has 0 atom stereocenters. The molecule has 1 aromatic heterocycles. The summed E-state index contributed by atoms with van der Waals surface area (Å²) in [6, 6.07) is 8.03. The standard InChI is InChI=1S/C11H12N2O/c1-2-8-3-5-9(6-4-8)10-7-12-13-11(10)14/h3-7H,2H2,1H3,(H2,12,13,14). The number of benzene rings is 1. The average Bonchev–Trinajstić information content (AvgIpc) is 2.65. The SMILES string of the molecule is CCc1ccc(-c2c[nH][nH]c2=O)cc1. The molecule has 1 aromatic carbocycles. The third-order valence-corrected chi connectivity index (χ3v) is 2.32. The summed E-state index contributed by atoms with van der Waals surface area (Å²) in [6.07, 6.45) is 2.70. The number of aromatic amines is 2. The highest BCUT2D eigenvalue weighted by Crippen LogP contribution is 2.14. The molecule has 2 aromatic rings. The zero-order valence-corrected chi connectivity index (χ0v) is 8.00. The van der Waals surface area contributed by atoms with Crippen molar-refractivity contribution < 1.29 is 0 Å². The number of H-pyrrole nitrogens is 2. The summed E-state index contributed by atoms with van der Waals surface area (Å²) in [4.78, 5) is 11.3. The Labute approximate surface area is 81.8 Å². The van der Waals surface area contributed by atoms with Gasteiger partial charge in [0.1, 0.15) is 0 Å². The van der Waals surface area contributed by atoms with Crippen LogP contribution in [0.2, 0.25) is 0 Å². The van der Waals surface area contributed by atoms with Crippen LogP contribution in [0.4, 0.5) is 0 Å². The average molecular weight is 188 g/mol. The van der Waals surface area contributed by atoms with E-state index in [1.165, 1.54) is 5.56 Å². The lowest BCUT2D eigenvalue weighted by Crippen LogP contribution is -2.01.